The van der Waals surface area contributed by atoms with Gasteiger partial charge in [0.15, 0.2) is 5.82 Å². The van der Waals surface area contributed by atoms with Gasteiger partial charge < -0.3 is 0 Å². The summed E-state index contributed by atoms with van der Waals surface area (Å²) in [4.78, 5) is 10.6. The van der Waals surface area contributed by atoms with E-state index in [1.807, 2.05) is 6.07 Å². The van der Waals surface area contributed by atoms with E-state index in [0.29, 0.717) is 0 Å². The van der Waals surface area contributed by atoms with Gasteiger partial charge in [0.1, 0.15) is 0 Å². The van der Waals surface area contributed by atoms with Gasteiger partial charge in [0.2, 0.25) is 0 Å². The summed E-state index contributed by atoms with van der Waals surface area (Å²) in [6.45, 7) is 4.69. The lowest BCUT2D eigenvalue weighted by molar-refractivity contribution is 0.661. The lowest BCUT2D eigenvalue weighted by Crippen LogP contribution is -2.14. The van der Waals surface area contributed by atoms with Crippen LogP contribution in [0.3, 0.4) is 0 Å². The first-order valence-electron chi connectivity index (χ1n) is 20.4. The van der Waals surface area contributed by atoms with E-state index in [-0.39, 0.29) is 5.41 Å². The summed E-state index contributed by atoms with van der Waals surface area (Å²) >= 11 is 0. The first-order chi connectivity index (χ1) is 29.0. The Hall–Kier alpha value is -7.42. The molecule has 0 N–H and O–H groups in total. The standard InChI is InChI=1S/C57H40N2/c1-57(2)51-24-14-23-48(55(51)50-34-40-21-12-13-22-41(40)35-52(50)57)54-36-53(58-56(59-54)39-19-10-5-11-20-39)46-28-26-42-31-45(27-25-43(42)32-46)47-30-29-44(37-15-6-3-7-16-37)33-49(47)38-17-8-4-9-18-38/h3-36H,1-2H3. The average molecular weight is 753 g/mol. The van der Waals surface area contributed by atoms with E-state index in [1.54, 1.807) is 0 Å². The minimum Gasteiger partial charge on any atom is -0.228 e. The van der Waals surface area contributed by atoms with Crippen LogP contribution in [0.4, 0.5) is 0 Å². The molecule has 0 spiro atoms. The molecule has 59 heavy (non-hydrogen) atoms. The van der Waals surface area contributed by atoms with Gasteiger partial charge in [0, 0.05) is 22.1 Å². The number of aromatic nitrogens is 2. The fourth-order valence-corrected chi connectivity index (χ4v) is 9.17. The summed E-state index contributed by atoms with van der Waals surface area (Å²) < 4.78 is 0. The van der Waals surface area contributed by atoms with Crippen LogP contribution in [0.25, 0.3) is 100.0 Å². The molecule has 0 bridgehead atoms. The molecular weight excluding hydrogens is 713 g/mol. The second-order valence-corrected chi connectivity index (χ2v) is 16.2. The molecule has 0 atom stereocenters. The monoisotopic (exact) mass is 752 g/mol. The molecule has 0 radical (unpaired) electrons. The Balaban J connectivity index is 1.03. The van der Waals surface area contributed by atoms with E-state index in [0.717, 1.165) is 39.3 Å². The lowest BCUT2D eigenvalue weighted by Gasteiger charge is -2.22. The zero-order chi connectivity index (χ0) is 39.5. The fraction of sp³-hybridized carbons (Fsp3) is 0.0526. The Morgan fingerprint density at radius 1 is 0.305 bits per heavy atom. The van der Waals surface area contributed by atoms with Crippen LogP contribution in [0.1, 0.15) is 25.0 Å². The Bertz CT molecular complexity index is 3220. The summed E-state index contributed by atoms with van der Waals surface area (Å²) in [5, 5.41) is 4.86. The molecule has 1 aromatic heterocycles. The first kappa shape index (κ1) is 34.8. The molecule has 0 saturated carbocycles. The maximum Gasteiger partial charge on any atom is 0.160 e. The number of fused-ring (bicyclic) bond motifs is 5. The highest BCUT2D eigenvalue weighted by molar-refractivity contribution is 5.99. The third-order valence-electron chi connectivity index (χ3n) is 12.3. The Morgan fingerprint density at radius 2 is 0.881 bits per heavy atom. The van der Waals surface area contributed by atoms with Crippen molar-refractivity contribution in [1.29, 1.82) is 0 Å². The first-order valence-corrected chi connectivity index (χ1v) is 20.4. The molecule has 0 saturated heterocycles. The topological polar surface area (TPSA) is 25.8 Å². The number of nitrogens with zero attached hydrogens (tertiary/aromatic N) is 2. The van der Waals surface area contributed by atoms with E-state index >= 15 is 0 Å². The minimum atomic E-state index is -0.147. The third-order valence-corrected chi connectivity index (χ3v) is 12.3. The maximum absolute atomic E-state index is 5.31. The molecule has 11 rings (SSSR count). The van der Waals surface area contributed by atoms with Crippen LogP contribution >= 0.6 is 0 Å². The maximum atomic E-state index is 5.31. The molecule has 9 aromatic carbocycles. The van der Waals surface area contributed by atoms with Gasteiger partial charge in [0.05, 0.1) is 11.4 Å². The molecule has 2 nitrogen and oxygen atoms in total. The summed E-state index contributed by atoms with van der Waals surface area (Å²) in [6, 6.07) is 74.4. The molecule has 1 aliphatic carbocycles. The fourth-order valence-electron chi connectivity index (χ4n) is 9.17. The molecule has 0 unspecified atom stereocenters. The molecular formula is C57H40N2. The quantitative estimate of drug-likeness (QED) is 0.169. The lowest BCUT2D eigenvalue weighted by atomic mass is 9.81. The van der Waals surface area contributed by atoms with Crippen molar-refractivity contribution < 1.29 is 0 Å². The Kier molecular flexibility index (Phi) is 8.20. The van der Waals surface area contributed by atoms with Crippen molar-refractivity contribution in [1.82, 2.24) is 9.97 Å². The van der Waals surface area contributed by atoms with E-state index in [1.165, 1.54) is 71.8 Å². The second kappa shape index (κ2) is 13.9. The van der Waals surface area contributed by atoms with Crippen molar-refractivity contribution in [2.24, 2.45) is 0 Å². The zero-order valence-electron chi connectivity index (χ0n) is 33.0. The van der Waals surface area contributed by atoms with Crippen LogP contribution in [0.2, 0.25) is 0 Å². The summed E-state index contributed by atoms with van der Waals surface area (Å²) in [6.07, 6.45) is 0. The number of benzene rings is 9. The molecule has 278 valence electrons. The van der Waals surface area contributed by atoms with Crippen molar-refractivity contribution >= 4 is 21.5 Å². The molecule has 1 aliphatic rings. The second-order valence-electron chi connectivity index (χ2n) is 16.2. The van der Waals surface area contributed by atoms with Crippen LogP contribution in [-0.2, 0) is 5.41 Å². The van der Waals surface area contributed by atoms with Gasteiger partial charge in [-0.15, -0.1) is 0 Å². The van der Waals surface area contributed by atoms with Crippen LogP contribution < -0.4 is 0 Å². The summed E-state index contributed by atoms with van der Waals surface area (Å²) in [5.74, 6) is 0.717. The van der Waals surface area contributed by atoms with Gasteiger partial charge in [-0.05, 0) is 114 Å². The van der Waals surface area contributed by atoms with Crippen LogP contribution in [-0.4, -0.2) is 9.97 Å². The van der Waals surface area contributed by atoms with Gasteiger partial charge in [-0.3, -0.25) is 0 Å². The molecule has 0 aliphatic heterocycles. The van der Waals surface area contributed by atoms with Crippen molar-refractivity contribution in [3.05, 3.63) is 217 Å². The van der Waals surface area contributed by atoms with Gasteiger partial charge in [0.25, 0.3) is 0 Å². The SMILES string of the molecule is CC1(C)c2cc3ccccc3cc2-c2c(-c3cc(-c4ccc5cc(-c6ccc(-c7ccccc7)cc6-c6ccccc6)ccc5c4)nc(-c4ccccc4)n3)cccc21. The Morgan fingerprint density at radius 3 is 1.61 bits per heavy atom. The van der Waals surface area contributed by atoms with Crippen molar-refractivity contribution in [2.75, 3.05) is 0 Å². The number of hydrogen-bond acceptors (Lipinski definition) is 2. The van der Waals surface area contributed by atoms with Gasteiger partial charge in [-0.25, -0.2) is 9.97 Å². The minimum absolute atomic E-state index is 0.147. The Labute approximate surface area is 345 Å². The van der Waals surface area contributed by atoms with Crippen molar-refractivity contribution in [2.45, 2.75) is 19.3 Å². The van der Waals surface area contributed by atoms with Crippen LogP contribution in [0, 0.1) is 0 Å². The highest BCUT2D eigenvalue weighted by Crippen LogP contribution is 2.53. The summed E-state index contributed by atoms with van der Waals surface area (Å²) in [5.41, 5.74) is 17.3. The van der Waals surface area contributed by atoms with Crippen molar-refractivity contribution in [3.8, 4) is 78.4 Å². The predicted molar refractivity (Wildman–Crippen MR) is 247 cm³/mol. The van der Waals surface area contributed by atoms with Crippen LogP contribution in [0.5, 0.6) is 0 Å². The number of rotatable bonds is 6. The number of hydrogen-bond donors (Lipinski definition) is 0. The van der Waals surface area contributed by atoms with E-state index in [2.05, 4.69) is 214 Å². The third kappa shape index (κ3) is 6.04. The zero-order valence-corrected chi connectivity index (χ0v) is 33.0. The largest absolute Gasteiger partial charge is 0.228 e. The van der Waals surface area contributed by atoms with E-state index in [9.17, 15) is 0 Å². The van der Waals surface area contributed by atoms with Crippen molar-refractivity contribution in [3.63, 3.8) is 0 Å². The highest BCUT2D eigenvalue weighted by Gasteiger charge is 2.37. The predicted octanol–water partition coefficient (Wildman–Crippen LogP) is 15.1. The molecule has 10 aromatic rings. The van der Waals surface area contributed by atoms with E-state index in [4.69, 9.17) is 9.97 Å². The molecule has 0 amide bonds. The summed E-state index contributed by atoms with van der Waals surface area (Å²) in [7, 11) is 0. The van der Waals surface area contributed by atoms with Gasteiger partial charge in [-0.2, -0.15) is 0 Å². The van der Waals surface area contributed by atoms with Gasteiger partial charge in [-0.1, -0.05) is 184 Å². The molecule has 1 heterocycles. The van der Waals surface area contributed by atoms with Crippen LogP contribution in [0.15, 0.2) is 206 Å². The van der Waals surface area contributed by atoms with Gasteiger partial charge >= 0.3 is 0 Å². The smallest absolute Gasteiger partial charge is 0.160 e. The normalized spacial score (nSPS) is 12.7. The average Bonchev–Trinajstić information content (AvgIpc) is 3.53. The van der Waals surface area contributed by atoms with E-state index < -0.39 is 0 Å². The molecule has 0 fully saturated rings. The molecule has 2 heteroatoms. The highest BCUT2D eigenvalue weighted by atomic mass is 14.9.